The molecular formula is C10H14FN3. The van der Waals surface area contributed by atoms with Crippen molar-refractivity contribution in [2.24, 2.45) is 0 Å². The molecule has 0 atom stereocenters. The van der Waals surface area contributed by atoms with E-state index in [1.165, 1.54) is 25.2 Å². The fourth-order valence-corrected chi connectivity index (χ4v) is 1.99. The Kier molecular flexibility index (Phi) is 2.35. The maximum absolute atomic E-state index is 12.8. The third kappa shape index (κ3) is 2.00. The molecule has 0 radical (unpaired) electrons. The van der Waals surface area contributed by atoms with Crippen LogP contribution in [0.4, 0.5) is 10.2 Å². The first-order valence-electron chi connectivity index (χ1n) is 4.94. The summed E-state index contributed by atoms with van der Waals surface area (Å²) in [4.78, 5) is 7.41. The van der Waals surface area contributed by atoms with Crippen molar-refractivity contribution in [1.29, 1.82) is 0 Å². The van der Waals surface area contributed by atoms with Crippen LogP contribution >= 0.6 is 0 Å². The second-order valence-electron chi connectivity index (χ2n) is 4.12. The van der Waals surface area contributed by atoms with Crippen molar-refractivity contribution in [3.8, 4) is 0 Å². The van der Waals surface area contributed by atoms with Gasteiger partial charge in [-0.1, -0.05) is 12.8 Å². The molecule has 1 saturated carbocycles. The molecule has 1 N–H and O–H groups in total. The van der Waals surface area contributed by atoms with Gasteiger partial charge in [-0.2, -0.15) is 4.39 Å². The molecule has 0 spiro atoms. The van der Waals surface area contributed by atoms with Crippen LogP contribution in [0.15, 0.2) is 12.4 Å². The minimum Gasteiger partial charge on any atom is -0.365 e. The zero-order valence-electron chi connectivity index (χ0n) is 8.26. The Morgan fingerprint density at radius 1 is 1.36 bits per heavy atom. The monoisotopic (exact) mass is 195 g/mol. The number of nitrogens with zero attached hydrogens (tertiary/aromatic N) is 2. The summed E-state index contributed by atoms with van der Waals surface area (Å²) in [7, 11) is 0. The van der Waals surface area contributed by atoms with Gasteiger partial charge >= 0.3 is 0 Å². The lowest BCUT2D eigenvalue weighted by atomic mass is 10.0. The molecule has 14 heavy (non-hydrogen) atoms. The lowest BCUT2D eigenvalue weighted by Gasteiger charge is -2.25. The van der Waals surface area contributed by atoms with Crippen molar-refractivity contribution < 1.29 is 4.39 Å². The van der Waals surface area contributed by atoms with Gasteiger partial charge in [0.1, 0.15) is 12.1 Å². The molecule has 0 saturated heterocycles. The van der Waals surface area contributed by atoms with Crippen LogP contribution in [0, 0.1) is 5.95 Å². The molecule has 0 amide bonds. The molecule has 0 aliphatic heterocycles. The number of halogens is 1. The molecule has 2 rings (SSSR count). The highest BCUT2D eigenvalue weighted by Crippen LogP contribution is 2.31. The third-order valence-electron chi connectivity index (χ3n) is 2.77. The van der Waals surface area contributed by atoms with Crippen LogP contribution in [0.1, 0.15) is 32.6 Å². The molecule has 76 valence electrons. The summed E-state index contributed by atoms with van der Waals surface area (Å²) in [5, 5.41) is 3.27. The fraction of sp³-hybridized carbons (Fsp3) is 0.600. The molecule has 3 nitrogen and oxygen atoms in total. The third-order valence-corrected chi connectivity index (χ3v) is 2.77. The lowest BCUT2D eigenvalue weighted by Crippen LogP contribution is -2.31. The van der Waals surface area contributed by atoms with Gasteiger partial charge in [0.15, 0.2) is 0 Å². The van der Waals surface area contributed by atoms with Crippen LogP contribution in [0.3, 0.4) is 0 Å². The highest BCUT2D eigenvalue weighted by Gasteiger charge is 2.28. The summed E-state index contributed by atoms with van der Waals surface area (Å²) >= 11 is 0. The van der Waals surface area contributed by atoms with Crippen molar-refractivity contribution in [2.45, 2.75) is 38.1 Å². The summed E-state index contributed by atoms with van der Waals surface area (Å²) in [5.74, 6) is 0.103. The first kappa shape index (κ1) is 9.37. The molecule has 1 aromatic heterocycles. The predicted molar refractivity (Wildman–Crippen MR) is 52.5 cm³/mol. The van der Waals surface area contributed by atoms with E-state index in [4.69, 9.17) is 0 Å². The second-order valence-corrected chi connectivity index (χ2v) is 4.12. The van der Waals surface area contributed by atoms with Crippen LogP contribution in [0.2, 0.25) is 0 Å². The van der Waals surface area contributed by atoms with Crippen molar-refractivity contribution in [2.75, 3.05) is 5.32 Å². The molecule has 1 aliphatic rings. The van der Waals surface area contributed by atoms with Crippen molar-refractivity contribution in [3.63, 3.8) is 0 Å². The van der Waals surface area contributed by atoms with E-state index >= 15 is 0 Å². The maximum Gasteiger partial charge on any atom is 0.217 e. The summed E-state index contributed by atoms with van der Waals surface area (Å²) in [6.07, 6.45) is 5.96. The number of hydrogen-bond donors (Lipinski definition) is 1. The quantitative estimate of drug-likeness (QED) is 0.736. The van der Waals surface area contributed by atoms with Crippen LogP contribution in [0.5, 0.6) is 0 Å². The fourth-order valence-electron chi connectivity index (χ4n) is 1.99. The Bertz CT molecular complexity index is 321. The van der Waals surface area contributed by atoms with Gasteiger partial charge in [0.2, 0.25) is 5.95 Å². The van der Waals surface area contributed by atoms with Gasteiger partial charge in [0.25, 0.3) is 0 Å². The van der Waals surface area contributed by atoms with Gasteiger partial charge in [-0.25, -0.2) is 9.97 Å². The second kappa shape index (κ2) is 3.52. The Hall–Kier alpha value is -1.19. The van der Waals surface area contributed by atoms with Crippen LogP contribution in [-0.4, -0.2) is 15.5 Å². The van der Waals surface area contributed by atoms with Crippen LogP contribution in [0.25, 0.3) is 0 Å². The van der Waals surface area contributed by atoms with E-state index in [1.54, 1.807) is 0 Å². The number of anilines is 1. The Morgan fingerprint density at radius 3 is 2.71 bits per heavy atom. The smallest absolute Gasteiger partial charge is 0.217 e. The number of aromatic nitrogens is 2. The highest BCUT2D eigenvalue weighted by molar-refractivity contribution is 5.36. The molecule has 0 unspecified atom stereocenters. The summed E-state index contributed by atoms with van der Waals surface area (Å²) in [6, 6.07) is 1.34. The van der Waals surface area contributed by atoms with E-state index in [-0.39, 0.29) is 5.54 Å². The normalized spacial score (nSPS) is 19.6. The molecule has 1 aromatic rings. The zero-order chi connectivity index (χ0) is 10.0. The maximum atomic E-state index is 12.8. The summed E-state index contributed by atoms with van der Waals surface area (Å²) in [6.45, 7) is 2.15. The molecule has 1 aliphatic carbocycles. The number of hydrogen-bond acceptors (Lipinski definition) is 3. The Labute approximate surface area is 82.8 Å². The first-order chi connectivity index (χ1) is 6.68. The summed E-state index contributed by atoms with van der Waals surface area (Å²) in [5.41, 5.74) is 0.0841. The van der Waals surface area contributed by atoms with Crippen molar-refractivity contribution >= 4 is 5.82 Å². The van der Waals surface area contributed by atoms with Gasteiger partial charge in [0, 0.05) is 11.6 Å². The average Bonchev–Trinajstić information content (AvgIpc) is 2.51. The highest BCUT2D eigenvalue weighted by atomic mass is 19.1. The van der Waals surface area contributed by atoms with Gasteiger partial charge < -0.3 is 5.32 Å². The van der Waals surface area contributed by atoms with Crippen molar-refractivity contribution in [1.82, 2.24) is 9.97 Å². The summed E-state index contributed by atoms with van der Waals surface area (Å²) < 4.78 is 12.8. The van der Waals surface area contributed by atoms with E-state index in [0.29, 0.717) is 5.82 Å². The van der Waals surface area contributed by atoms with Gasteiger partial charge in [0.05, 0.1) is 0 Å². The molecular weight excluding hydrogens is 181 g/mol. The van der Waals surface area contributed by atoms with E-state index in [1.807, 2.05) is 0 Å². The number of rotatable bonds is 2. The Balaban J connectivity index is 2.10. The minimum absolute atomic E-state index is 0.0841. The SMILES string of the molecule is CC1(Nc2cc(F)ncn2)CCCC1. The number of nitrogens with one attached hydrogen (secondary N) is 1. The zero-order valence-corrected chi connectivity index (χ0v) is 8.26. The predicted octanol–water partition coefficient (Wildman–Crippen LogP) is 2.36. The van der Waals surface area contributed by atoms with E-state index in [2.05, 4.69) is 22.2 Å². The molecule has 0 bridgehead atoms. The van der Waals surface area contributed by atoms with E-state index < -0.39 is 5.95 Å². The lowest BCUT2D eigenvalue weighted by molar-refractivity contribution is 0.527. The van der Waals surface area contributed by atoms with Gasteiger partial charge in [-0.15, -0.1) is 0 Å². The topological polar surface area (TPSA) is 37.8 Å². The molecule has 1 heterocycles. The van der Waals surface area contributed by atoms with E-state index in [0.717, 1.165) is 12.8 Å². The largest absolute Gasteiger partial charge is 0.365 e. The standard InChI is InChI=1S/C10H14FN3/c1-10(4-2-3-5-10)14-9-6-8(11)12-7-13-9/h6-7H,2-5H2,1H3,(H,12,13,14). The molecule has 1 fully saturated rings. The molecule has 4 heteroatoms. The van der Waals surface area contributed by atoms with Gasteiger partial charge in [-0.05, 0) is 19.8 Å². The first-order valence-corrected chi connectivity index (χ1v) is 4.94. The van der Waals surface area contributed by atoms with Crippen molar-refractivity contribution in [3.05, 3.63) is 18.3 Å². The minimum atomic E-state index is -0.482. The van der Waals surface area contributed by atoms with Crippen LogP contribution in [-0.2, 0) is 0 Å². The average molecular weight is 195 g/mol. The van der Waals surface area contributed by atoms with Crippen LogP contribution < -0.4 is 5.32 Å². The van der Waals surface area contributed by atoms with Gasteiger partial charge in [-0.3, -0.25) is 0 Å². The Morgan fingerprint density at radius 2 is 2.07 bits per heavy atom. The molecule has 0 aromatic carbocycles. The van der Waals surface area contributed by atoms with E-state index in [9.17, 15) is 4.39 Å².